The van der Waals surface area contributed by atoms with Gasteiger partial charge < -0.3 is 9.73 Å². The monoisotopic (exact) mass is 300 g/mol. The Bertz CT molecular complexity index is 762. The number of nitrogens with one attached hydrogen (secondary N) is 1. The number of furan rings is 1. The molecule has 1 aromatic heterocycles. The van der Waals surface area contributed by atoms with E-state index in [1.54, 1.807) is 31.2 Å². The van der Waals surface area contributed by atoms with E-state index in [0.29, 0.717) is 18.1 Å². The van der Waals surface area contributed by atoms with Crippen molar-refractivity contribution in [2.75, 3.05) is 6.54 Å². The smallest absolute Gasteiger partial charge is 0.328 e. The molecule has 3 rings (SSSR count). The van der Waals surface area contributed by atoms with Crippen molar-refractivity contribution >= 4 is 18.0 Å². The minimum Gasteiger partial charge on any atom is -0.457 e. The van der Waals surface area contributed by atoms with Crippen LogP contribution in [-0.4, -0.2) is 23.4 Å². The number of halogens is 1. The van der Waals surface area contributed by atoms with Gasteiger partial charge in [-0.05, 0) is 43.3 Å². The maximum Gasteiger partial charge on any atom is 0.328 e. The van der Waals surface area contributed by atoms with Gasteiger partial charge in [0, 0.05) is 18.2 Å². The summed E-state index contributed by atoms with van der Waals surface area (Å²) in [5.74, 6) is 0.278. The van der Waals surface area contributed by atoms with Crippen LogP contribution in [0.2, 0.25) is 0 Å². The SMILES string of the molecule is CCN1C(=O)N/C(=C/c2ccc(-c3ccc(F)cc3)o2)C1=O. The number of hydrogen-bond acceptors (Lipinski definition) is 3. The van der Waals surface area contributed by atoms with E-state index < -0.39 is 6.03 Å². The lowest BCUT2D eigenvalue weighted by Crippen LogP contribution is -2.30. The number of carbonyl (C=O) groups excluding carboxylic acids is 2. The third-order valence-electron chi connectivity index (χ3n) is 3.32. The predicted octanol–water partition coefficient (Wildman–Crippen LogP) is 3.00. The Morgan fingerprint density at radius 2 is 1.91 bits per heavy atom. The molecule has 0 spiro atoms. The van der Waals surface area contributed by atoms with Crippen LogP contribution in [0.1, 0.15) is 12.7 Å². The van der Waals surface area contributed by atoms with Crippen LogP contribution in [0.5, 0.6) is 0 Å². The fraction of sp³-hybridized carbons (Fsp3) is 0.125. The Kier molecular flexibility index (Phi) is 3.50. The fourth-order valence-corrected chi connectivity index (χ4v) is 2.20. The summed E-state index contributed by atoms with van der Waals surface area (Å²) in [5.41, 5.74) is 0.898. The third kappa shape index (κ3) is 2.50. The van der Waals surface area contributed by atoms with E-state index in [9.17, 15) is 14.0 Å². The molecule has 6 heteroatoms. The highest BCUT2D eigenvalue weighted by Crippen LogP contribution is 2.24. The van der Waals surface area contributed by atoms with Crippen LogP contribution in [0.4, 0.5) is 9.18 Å². The van der Waals surface area contributed by atoms with Gasteiger partial charge in [0.2, 0.25) is 0 Å². The highest BCUT2D eigenvalue weighted by molar-refractivity contribution is 6.13. The molecule has 1 fully saturated rings. The molecule has 1 aromatic carbocycles. The summed E-state index contributed by atoms with van der Waals surface area (Å²) in [6, 6.07) is 8.85. The second-order valence-corrected chi connectivity index (χ2v) is 4.75. The van der Waals surface area contributed by atoms with Crippen LogP contribution in [0, 0.1) is 5.82 Å². The Morgan fingerprint density at radius 1 is 1.18 bits per heavy atom. The van der Waals surface area contributed by atoms with E-state index in [1.807, 2.05) is 0 Å². The molecule has 1 aliphatic heterocycles. The first-order valence-corrected chi connectivity index (χ1v) is 6.79. The van der Waals surface area contributed by atoms with Gasteiger partial charge in [0.05, 0.1) is 0 Å². The van der Waals surface area contributed by atoms with E-state index in [4.69, 9.17) is 4.42 Å². The number of nitrogens with zero attached hydrogens (tertiary/aromatic N) is 1. The first-order chi connectivity index (χ1) is 10.6. The number of imide groups is 1. The minimum absolute atomic E-state index is 0.173. The van der Waals surface area contributed by atoms with E-state index in [-0.39, 0.29) is 17.4 Å². The van der Waals surface area contributed by atoms with E-state index in [2.05, 4.69) is 5.32 Å². The van der Waals surface area contributed by atoms with E-state index >= 15 is 0 Å². The minimum atomic E-state index is -0.441. The van der Waals surface area contributed by atoms with E-state index in [1.165, 1.54) is 18.2 Å². The van der Waals surface area contributed by atoms with Gasteiger partial charge in [0.1, 0.15) is 23.0 Å². The van der Waals surface area contributed by atoms with Crippen LogP contribution < -0.4 is 5.32 Å². The molecule has 22 heavy (non-hydrogen) atoms. The number of rotatable bonds is 3. The molecule has 3 amide bonds. The first kappa shape index (κ1) is 14.1. The molecule has 0 radical (unpaired) electrons. The average molecular weight is 300 g/mol. The lowest BCUT2D eigenvalue weighted by molar-refractivity contribution is -0.122. The Labute approximate surface area is 126 Å². The van der Waals surface area contributed by atoms with Gasteiger partial charge >= 0.3 is 6.03 Å². The van der Waals surface area contributed by atoms with Crippen molar-refractivity contribution in [1.82, 2.24) is 10.2 Å². The van der Waals surface area contributed by atoms with Crippen LogP contribution in [0.3, 0.4) is 0 Å². The number of carbonyl (C=O) groups is 2. The number of benzene rings is 1. The van der Waals surface area contributed by atoms with Crippen molar-refractivity contribution in [2.24, 2.45) is 0 Å². The number of urea groups is 1. The molecule has 2 aromatic rings. The topological polar surface area (TPSA) is 62.6 Å². The second-order valence-electron chi connectivity index (χ2n) is 4.75. The van der Waals surface area contributed by atoms with Crippen LogP contribution in [0.25, 0.3) is 17.4 Å². The maximum absolute atomic E-state index is 12.9. The van der Waals surface area contributed by atoms with Crippen molar-refractivity contribution in [3.05, 3.63) is 53.7 Å². The molecule has 0 saturated carbocycles. The van der Waals surface area contributed by atoms with Crippen molar-refractivity contribution < 1.29 is 18.4 Å². The maximum atomic E-state index is 12.9. The normalized spacial score (nSPS) is 16.5. The largest absolute Gasteiger partial charge is 0.457 e. The molecule has 1 saturated heterocycles. The highest BCUT2D eigenvalue weighted by atomic mass is 19.1. The zero-order valence-corrected chi connectivity index (χ0v) is 11.8. The van der Waals surface area contributed by atoms with Crippen molar-refractivity contribution in [3.8, 4) is 11.3 Å². The quantitative estimate of drug-likeness (QED) is 0.700. The summed E-state index contributed by atoms with van der Waals surface area (Å²) >= 11 is 0. The van der Waals surface area contributed by atoms with Gasteiger partial charge in [-0.25, -0.2) is 9.18 Å². The molecule has 1 N–H and O–H groups in total. The average Bonchev–Trinajstić information content (AvgIpc) is 3.06. The van der Waals surface area contributed by atoms with Gasteiger partial charge in [0.25, 0.3) is 5.91 Å². The third-order valence-corrected chi connectivity index (χ3v) is 3.32. The predicted molar refractivity (Wildman–Crippen MR) is 78.0 cm³/mol. The van der Waals surface area contributed by atoms with Crippen LogP contribution >= 0.6 is 0 Å². The van der Waals surface area contributed by atoms with Crippen molar-refractivity contribution in [3.63, 3.8) is 0 Å². The molecule has 0 aliphatic carbocycles. The fourth-order valence-electron chi connectivity index (χ4n) is 2.20. The molecule has 1 aliphatic rings. The summed E-state index contributed by atoms with van der Waals surface area (Å²) in [6.45, 7) is 2.03. The molecular weight excluding hydrogens is 287 g/mol. The van der Waals surface area contributed by atoms with Gasteiger partial charge in [0.15, 0.2) is 0 Å². The number of hydrogen-bond donors (Lipinski definition) is 1. The summed E-state index contributed by atoms with van der Waals surface area (Å²) in [5, 5.41) is 2.50. The molecule has 0 unspecified atom stereocenters. The van der Waals surface area contributed by atoms with Gasteiger partial charge in [-0.3, -0.25) is 9.69 Å². The summed E-state index contributed by atoms with van der Waals surface area (Å²) in [6.07, 6.45) is 1.48. The molecule has 112 valence electrons. The van der Waals surface area contributed by atoms with E-state index in [0.717, 1.165) is 10.5 Å². The Hall–Kier alpha value is -2.89. The molecule has 2 heterocycles. The van der Waals surface area contributed by atoms with Crippen molar-refractivity contribution in [1.29, 1.82) is 0 Å². The van der Waals surface area contributed by atoms with Crippen LogP contribution in [-0.2, 0) is 4.79 Å². The Balaban J connectivity index is 1.86. The molecule has 0 bridgehead atoms. The highest BCUT2D eigenvalue weighted by Gasteiger charge is 2.32. The molecular formula is C16H13FN2O3. The Morgan fingerprint density at radius 3 is 2.55 bits per heavy atom. The zero-order valence-electron chi connectivity index (χ0n) is 11.8. The second kappa shape index (κ2) is 5.48. The number of amides is 3. The zero-order chi connectivity index (χ0) is 15.7. The number of likely N-dealkylation sites (N-methyl/N-ethyl adjacent to an activating group) is 1. The van der Waals surface area contributed by atoms with Crippen molar-refractivity contribution in [2.45, 2.75) is 6.92 Å². The lowest BCUT2D eigenvalue weighted by atomic mass is 10.2. The van der Waals surface area contributed by atoms with Gasteiger partial charge in [-0.15, -0.1) is 0 Å². The lowest BCUT2D eigenvalue weighted by Gasteiger charge is -2.05. The molecule has 0 atom stereocenters. The summed E-state index contributed by atoms with van der Waals surface area (Å²) < 4.78 is 18.5. The van der Waals surface area contributed by atoms with Gasteiger partial charge in [-0.2, -0.15) is 0 Å². The standard InChI is InChI=1S/C16H13FN2O3/c1-2-19-15(20)13(18-16(19)21)9-12-7-8-14(22-12)10-3-5-11(17)6-4-10/h3-9H,2H2,1H3,(H,18,21)/b13-9+. The summed E-state index contributed by atoms with van der Waals surface area (Å²) in [7, 11) is 0. The summed E-state index contributed by atoms with van der Waals surface area (Å²) in [4.78, 5) is 24.6. The van der Waals surface area contributed by atoms with Gasteiger partial charge in [-0.1, -0.05) is 0 Å². The first-order valence-electron chi connectivity index (χ1n) is 6.79. The molecule has 5 nitrogen and oxygen atoms in total. The van der Waals surface area contributed by atoms with Crippen LogP contribution in [0.15, 0.2) is 46.5 Å².